The monoisotopic (exact) mass is 318 g/mol. The summed E-state index contributed by atoms with van der Waals surface area (Å²) in [6.45, 7) is 3.15. The van der Waals surface area contributed by atoms with Gasteiger partial charge in [-0.05, 0) is 23.6 Å². The average Bonchev–Trinajstić information content (AvgIpc) is 3.05. The van der Waals surface area contributed by atoms with Crippen molar-refractivity contribution in [3.05, 3.63) is 46.3 Å². The van der Waals surface area contributed by atoms with Crippen LogP contribution in [-0.2, 0) is 6.54 Å². The fourth-order valence-corrected chi connectivity index (χ4v) is 2.75. The van der Waals surface area contributed by atoms with Gasteiger partial charge in [-0.2, -0.15) is 0 Å². The highest BCUT2D eigenvalue weighted by atomic mass is 32.1. The van der Waals surface area contributed by atoms with E-state index >= 15 is 0 Å². The Morgan fingerprint density at radius 2 is 2.09 bits per heavy atom. The first-order valence-electron chi connectivity index (χ1n) is 7.24. The summed E-state index contributed by atoms with van der Waals surface area (Å²) >= 11 is 1.71. The van der Waals surface area contributed by atoms with Crippen molar-refractivity contribution in [2.45, 2.75) is 19.4 Å². The predicted octanol–water partition coefficient (Wildman–Crippen LogP) is 2.81. The number of amides is 2. The molecule has 0 unspecified atom stereocenters. The molecule has 2 rings (SSSR count). The lowest BCUT2D eigenvalue weighted by Crippen LogP contribution is -2.37. The second-order valence-corrected chi connectivity index (χ2v) is 6.34. The third-order valence-corrected chi connectivity index (χ3v) is 4.38. The molecule has 0 saturated carbocycles. The third-order valence-electron chi connectivity index (χ3n) is 3.28. The van der Waals surface area contributed by atoms with Crippen molar-refractivity contribution in [2.24, 2.45) is 0 Å². The Balaban J connectivity index is 1.77. The lowest BCUT2D eigenvalue weighted by atomic mass is 10.1. The Morgan fingerprint density at radius 1 is 1.27 bits per heavy atom. The van der Waals surface area contributed by atoms with Gasteiger partial charge in [0.1, 0.15) is 5.82 Å². The van der Waals surface area contributed by atoms with E-state index in [2.05, 4.69) is 34.0 Å². The third kappa shape index (κ3) is 4.73. The largest absolute Gasteiger partial charge is 0.363 e. The van der Waals surface area contributed by atoms with E-state index in [1.54, 1.807) is 11.3 Å². The van der Waals surface area contributed by atoms with E-state index in [-0.39, 0.29) is 6.03 Å². The summed E-state index contributed by atoms with van der Waals surface area (Å²) in [6, 6.07) is 9.73. The first-order valence-corrected chi connectivity index (χ1v) is 8.12. The highest BCUT2D eigenvalue weighted by Gasteiger charge is 2.08. The molecule has 0 aliphatic carbocycles. The van der Waals surface area contributed by atoms with Gasteiger partial charge in [0.05, 0.1) is 12.2 Å². The number of rotatable bonds is 6. The van der Waals surface area contributed by atoms with Gasteiger partial charge in [0.2, 0.25) is 0 Å². The minimum absolute atomic E-state index is 0.166. The van der Waals surface area contributed by atoms with Crippen LogP contribution in [0.4, 0.5) is 10.6 Å². The number of thiophene rings is 1. The van der Waals surface area contributed by atoms with Crippen molar-refractivity contribution >= 4 is 23.2 Å². The van der Waals surface area contributed by atoms with Crippen molar-refractivity contribution in [2.75, 3.05) is 25.5 Å². The molecule has 2 heterocycles. The molecule has 1 atom stereocenters. The van der Waals surface area contributed by atoms with Crippen molar-refractivity contribution in [1.29, 1.82) is 0 Å². The molecule has 2 amide bonds. The van der Waals surface area contributed by atoms with Gasteiger partial charge < -0.3 is 15.5 Å². The van der Waals surface area contributed by atoms with E-state index < -0.39 is 0 Å². The molecule has 2 aromatic heterocycles. The van der Waals surface area contributed by atoms with E-state index in [9.17, 15) is 4.79 Å². The topological polar surface area (TPSA) is 57.3 Å². The van der Waals surface area contributed by atoms with Gasteiger partial charge in [-0.3, -0.25) is 0 Å². The van der Waals surface area contributed by atoms with Crippen LogP contribution in [0.25, 0.3) is 0 Å². The minimum atomic E-state index is -0.166. The summed E-state index contributed by atoms with van der Waals surface area (Å²) in [5.74, 6) is 1.20. The van der Waals surface area contributed by atoms with Crippen LogP contribution in [0.5, 0.6) is 0 Å². The summed E-state index contributed by atoms with van der Waals surface area (Å²) in [5.41, 5.74) is 0.840. The van der Waals surface area contributed by atoms with Gasteiger partial charge in [-0.15, -0.1) is 11.3 Å². The van der Waals surface area contributed by atoms with Crippen LogP contribution in [0.1, 0.15) is 23.4 Å². The zero-order valence-electron chi connectivity index (χ0n) is 13.2. The zero-order chi connectivity index (χ0) is 15.9. The molecule has 0 spiro atoms. The number of nitrogens with one attached hydrogen (secondary N) is 2. The molecule has 0 radical (unpaired) electrons. The minimum Gasteiger partial charge on any atom is -0.363 e. The van der Waals surface area contributed by atoms with Crippen molar-refractivity contribution in [1.82, 2.24) is 15.6 Å². The number of urea groups is 1. The molecule has 22 heavy (non-hydrogen) atoms. The molecule has 0 saturated heterocycles. The first kappa shape index (κ1) is 16.3. The lowest BCUT2D eigenvalue weighted by molar-refractivity contribution is 0.240. The molecule has 118 valence electrons. The molecule has 5 nitrogen and oxygen atoms in total. The van der Waals surface area contributed by atoms with Gasteiger partial charge in [0.15, 0.2) is 0 Å². The van der Waals surface area contributed by atoms with Crippen LogP contribution in [-0.4, -0.2) is 31.7 Å². The number of hydrogen-bond donors (Lipinski definition) is 2. The SMILES string of the molecule is C[C@@H](CNC(=O)NCc1cccc(N(C)C)n1)c1cccs1. The van der Waals surface area contributed by atoms with E-state index in [0.29, 0.717) is 19.0 Å². The van der Waals surface area contributed by atoms with Crippen LogP contribution in [0, 0.1) is 0 Å². The van der Waals surface area contributed by atoms with E-state index in [1.165, 1.54) is 4.88 Å². The number of aromatic nitrogens is 1. The molecule has 2 N–H and O–H groups in total. The normalized spacial score (nSPS) is 11.8. The summed E-state index contributed by atoms with van der Waals surface area (Å²) in [5, 5.41) is 7.79. The maximum absolute atomic E-state index is 11.9. The fraction of sp³-hybridized carbons (Fsp3) is 0.375. The summed E-state index contributed by atoms with van der Waals surface area (Å²) in [4.78, 5) is 19.5. The van der Waals surface area contributed by atoms with Crippen LogP contribution < -0.4 is 15.5 Å². The zero-order valence-corrected chi connectivity index (χ0v) is 14.0. The second kappa shape index (κ2) is 7.79. The quantitative estimate of drug-likeness (QED) is 0.861. The lowest BCUT2D eigenvalue weighted by Gasteiger charge is -2.14. The molecule has 0 fully saturated rings. The van der Waals surface area contributed by atoms with Crippen LogP contribution in [0.3, 0.4) is 0 Å². The molecular formula is C16H22N4OS. The first-order chi connectivity index (χ1) is 10.6. The number of carbonyl (C=O) groups excluding carboxylic acids is 1. The van der Waals surface area contributed by atoms with Crippen LogP contribution >= 0.6 is 11.3 Å². The Kier molecular flexibility index (Phi) is 5.77. The van der Waals surface area contributed by atoms with Crippen molar-refractivity contribution in [3.63, 3.8) is 0 Å². The van der Waals surface area contributed by atoms with Crippen molar-refractivity contribution in [3.8, 4) is 0 Å². The molecule has 0 aromatic carbocycles. The predicted molar refractivity (Wildman–Crippen MR) is 91.5 cm³/mol. The van der Waals surface area contributed by atoms with Gasteiger partial charge >= 0.3 is 6.03 Å². The average molecular weight is 318 g/mol. The van der Waals surface area contributed by atoms with Crippen LogP contribution in [0.15, 0.2) is 35.7 Å². The Hall–Kier alpha value is -2.08. The molecule has 0 bridgehead atoms. The van der Waals surface area contributed by atoms with Gasteiger partial charge in [-0.25, -0.2) is 9.78 Å². The number of pyridine rings is 1. The Labute approximate surface area is 135 Å². The van der Waals surface area contributed by atoms with Gasteiger partial charge in [0, 0.05) is 31.4 Å². The van der Waals surface area contributed by atoms with E-state index in [1.807, 2.05) is 43.3 Å². The summed E-state index contributed by atoms with van der Waals surface area (Å²) < 4.78 is 0. The van der Waals surface area contributed by atoms with E-state index in [4.69, 9.17) is 0 Å². The summed E-state index contributed by atoms with van der Waals surface area (Å²) in [7, 11) is 3.89. The van der Waals surface area contributed by atoms with Crippen molar-refractivity contribution < 1.29 is 4.79 Å². The number of hydrogen-bond acceptors (Lipinski definition) is 4. The fourth-order valence-electron chi connectivity index (χ4n) is 1.97. The van der Waals surface area contributed by atoms with E-state index in [0.717, 1.165) is 11.5 Å². The Bertz CT molecular complexity index is 598. The second-order valence-electron chi connectivity index (χ2n) is 5.36. The Morgan fingerprint density at radius 3 is 2.77 bits per heavy atom. The molecule has 0 aliphatic rings. The van der Waals surface area contributed by atoms with Gasteiger partial charge in [-0.1, -0.05) is 19.1 Å². The van der Waals surface area contributed by atoms with Crippen LogP contribution in [0.2, 0.25) is 0 Å². The molecule has 0 aliphatic heterocycles. The maximum Gasteiger partial charge on any atom is 0.315 e. The smallest absolute Gasteiger partial charge is 0.315 e. The molecular weight excluding hydrogens is 296 g/mol. The number of anilines is 1. The molecule has 2 aromatic rings. The highest BCUT2D eigenvalue weighted by Crippen LogP contribution is 2.19. The highest BCUT2D eigenvalue weighted by molar-refractivity contribution is 7.10. The maximum atomic E-state index is 11.9. The standard InChI is InChI=1S/C16H22N4OS/c1-12(14-7-5-9-22-14)10-17-16(21)18-11-13-6-4-8-15(19-13)20(2)3/h4-9,12H,10-11H2,1-3H3,(H2,17,18,21)/t12-/m0/s1. The molecule has 6 heteroatoms. The van der Waals surface area contributed by atoms with Gasteiger partial charge in [0.25, 0.3) is 0 Å². The number of nitrogens with zero attached hydrogens (tertiary/aromatic N) is 2. The summed E-state index contributed by atoms with van der Waals surface area (Å²) in [6.07, 6.45) is 0. The number of carbonyl (C=O) groups is 1.